The fraction of sp³-hybridized carbons (Fsp3) is 0.733. The van der Waals surface area contributed by atoms with Crippen molar-refractivity contribution in [2.45, 2.75) is 47.0 Å². The molecule has 4 heteroatoms. The van der Waals surface area contributed by atoms with E-state index in [9.17, 15) is 0 Å². The number of nitrogens with zero attached hydrogens (tertiary/aromatic N) is 2. The van der Waals surface area contributed by atoms with Gasteiger partial charge < -0.3 is 10.6 Å². The summed E-state index contributed by atoms with van der Waals surface area (Å²) in [6.45, 7) is 10.8. The van der Waals surface area contributed by atoms with Gasteiger partial charge in [0.25, 0.3) is 0 Å². The van der Waals surface area contributed by atoms with Gasteiger partial charge in [-0.15, -0.1) is 0 Å². The Morgan fingerprint density at radius 2 is 2.05 bits per heavy atom. The summed E-state index contributed by atoms with van der Waals surface area (Å²) in [5.74, 6) is 2.43. The number of anilines is 2. The molecule has 1 fully saturated rings. The Hall–Kier alpha value is -1.32. The van der Waals surface area contributed by atoms with Crippen LogP contribution in [0.15, 0.2) is 6.20 Å². The van der Waals surface area contributed by atoms with Crippen LogP contribution in [-0.4, -0.2) is 23.1 Å². The average Bonchev–Trinajstić information content (AvgIpc) is 3.17. The van der Waals surface area contributed by atoms with Crippen molar-refractivity contribution in [2.24, 2.45) is 11.3 Å². The van der Waals surface area contributed by atoms with Crippen molar-refractivity contribution in [2.75, 3.05) is 23.7 Å². The lowest BCUT2D eigenvalue weighted by molar-refractivity contribution is 0.380. The van der Waals surface area contributed by atoms with Crippen LogP contribution in [0.4, 0.5) is 11.8 Å². The molecular weight excluding hydrogens is 236 g/mol. The molecule has 0 radical (unpaired) electrons. The fourth-order valence-electron chi connectivity index (χ4n) is 2.32. The van der Waals surface area contributed by atoms with Crippen molar-refractivity contribution in [3.63, 3.8) is 0 Å². The first-order valence-corrected chi connectivity index (χ1v) is 7.39. The predicted molar refractivity (Wildman–Crippen MR) is 80.5 cm³/mol. The maximum Gasteiger partial charge on any atom is 0.224 e. The maximum atomic E-state index is 4.57. The van der Waals surface area contributed by atoms with E-state index in [1.54, 1.807) is 0 Å². The molecule has 0 spiro atoms. The highest BCUT2D eigenvalue weighted by Crippen LogP contribution is 2.51. The molecule has 1 aliphatic carbocycles. The zero-order valence-corrected chi connectivity index (χ0v) is 12.6. The van der Waals surface area contributed by atoms with E-state index in [1.807, 2.05) is 6.20 Å². The van der Waals surface area contributed by atoms with Gasteiger partial charge in [-0.2, -0.15) is 4.98 Å². The number of aromatic nitrogens is 2. The molecule has 2 rings (SSSR count). The Bertz CT molecular complexity index is 424. The van der Waals surface area contributed by atoms with Gasteiger partial charge in [0.2, 0.25) is 5.95 Å². The lowest BCUT2D eigenvalue weighted by Gasteiger charge is -2.21. The minimum Gasteiger partial charge on any atom is -0.369 e. The van der Waals surface area contributed by atoms with Crippen LogP contribution in [0.3, 0.4) is 0 Å². The molecule has 0 aromatic carbocycles. The molecule has 0 bridgehead atoms. The standard InChI is InChI=1S/C15H26N4/c1-5-8-16-14-17-9-12(4)13(19-14)18-10-15(6-7-15)11(2)3/h9,11H,5-8,10H2,1-4H3,(H2,16,17,18,19). The molecule has 1 saturated carbocycles. The number of rotatable bonds is 7. The lowest BCUT2D eigenvalue weighted by Crippen LogP contribution is -2.22. The molecule has 106 valence electrons. The first kappa shape index (κ1) is 14.1. The molecule has 0 amide bonds. The van der Waals surface area contributed by atoms with Crippen LogP contribution in [0, 0.1) is 18.3 Å². The summed E-state index contributed by atoms with van der Waals surface area (Å²) in [7, 11) is 0. The van der Waals surface area contributed by atoms with Gasteiger partial charge in [-0.05, 0) is 37.5 Å². The Morgan fingerprint density at radius 3 is 2.63 bits per heavy atom. The molecule has 1 aliphatic rings. The van der Waals surface area contributed by atoms with Gasteiger partial charge in [-0.3, -0.25) is 0 Å². The van der Waals surface area contributed by atoms with Gasteiger partial charge in [0.15, 0.2) is 0 Å². The van der Waals surface area contributed by atoms with Crippen molar-refractivity contribution < 1.29 is 0 Å². The quantitative estimate of drug-likeness (QED) is 0.790. The van der Waals surface area contributed by atoms with Crippen LogP contribution in [-0.2, 0) is 0 Å². The molecular formula is C15H26N4. The normalized spacial score (nSPS) is 16.5. The van der Waals surface area contributed by atoms with E-state index in [0.29, 0.717) is 5.41 Å². The molecule has 0 atom stereocenters. The highest BCUT2D eigenvalue weighted by Gasteiger charge is 2.45. The zero-order valence-electron chi connectivity index (χ0n) is 12.6. The molecule has 2 N–H and O–H groups in total. The van der Waals surface area contributed by atoms with Crippen molar-refractivity contribution in [1.82, 2.24) is 9.97 Å². The molecule has 0 saturated heterocycles. The molecule has 0 aliphatic heterocycles. The Labute approximate surface area is 116 Å². The van der Waals surface area contributed by atoms with Crippen molar-refractivity contribution in [1.29, 1.82) is 0 Å². The second-order valence-electron chi connectivity index (χ2n) is 6.02. The van der Waals surface area contributed by atoms with Crippen LogP contribution in [0.1, 0.15) is 45.6 Å². The summed E-state index contributed by atoms with van der Waals surface area (Å²) in [6.07, 6.45) is 5.64. The largest absolute Gasteiger partial charge is 0.369 e. The minimum absolute atomic E-state index is 0.494. The Kier molecular flexibility index (Phi) is 4.27. The van der Waals surface area contributed by atoms with Crippen LogP contribution < -0.4 is 10.6 Å². The van der Waals surface area contributed by atoms with Crippen LogP contribution in [0.5, 0.6) is 0 Å². The van der Waals surface area contributed by atoms with Crippen LogP contribution in [0.25, 0.3) is 0 Å². The highest BCUT2D eigenvalue weighted by molar-refractivity contribution is 5.46. The maximum absolute atomic E-state index is 4.57. The highest BCUT2D eigenvalue weighted by atomic mass is 15.1. The second-order valence-corrected chi connectivity index (χ2v) is 6.02. The van der Waals surface area contributed by atoms with E-state index >= 15 is 0 Å². The number of hydrogen-bond donors (Lipinski definition) is 2. The SMILES string of the molecule is CCCNc1ncc(C)c(NCC2(C(C)C)CC2)n1. The third-order valence-corrected chi connectivity index (χ3v) is 4.23. The van der Waals surface area contributed by atoms with E-state index in [-0.39, 0.29) is 0 Å². The van der Waals surface area contributed by atoms with E-state index in [2.05, 4.69) is 48.3 Å². The molecule has 1 heterocycles. The van der Waals surface area contributed by atoms with Crippen molar-refractivity contribution in [3.05, 3.63) is 11.8 Å². The first-order chi connectivity index (χ1) is 9.07. The Balaban J connectivity index is 1.99. The van der Waals surface area contributed by atoms with E-state index in [0.717, 1.165) is 42.8 Å². The molecule has 19 heavy (non-hydrogen) atoms. The summed E-state index contributed by atoms with van der Waals surface area (Å²) >= 11 is 0. The van der Waals surface area contributed by atoms with Gasteiger partial charge >= 0.3 is 0 Å². The number of hydrogen-bond acceptors (Lipinski definition) is 4. The summed E-state index contributed by atoms with van der Waals surface area (Å²) in [5.41, 5.74) is 1.61. The molecule has 4 nitrogen and oxygen atoms in total. The third-order valence-electron chi connectivity index (χ3n) is 4.23. The number of nitrogens with one attached hydrogen (secondary N) is 2. The van der Waals surface area contributed by atoms with Crippen LogP contribution >= 0.6 is 0 Å². The number of aryl methyl sites for hydroxylation is 1. The molecule has 1 aromatic heterocycles. The van der Waals surface area contributed by atoms with Gasteiger partial charge in [0.05, 0.1) is 0 Å². The van der Waals surface area contributed by atoms with Crippen molar-refractivity contribution >= 4 is 11.8 Å². The van der Waals surface area contributed by atoms with Crippen molar-refractivity contribution in [3.8, 4) is 0 Å². The van der Waals surface area contributed by atoms with Gasteiger partial charge in [-0.25, -0.2) is 4.98 Å². The lowest BCUT2D eigenvalue weighted by atomic mass is 9.92. The summed E-state index contributed by atoms with van der Waals surface area (Å²) in [6, 6.07) is 0. The van der Waals surface area contributed by atoms with Gasteiger partial charge in [0, 0.05) is 24.8 Å². The zero-order chi connectivity index (χ0) is 13.9. The molecule has 1 aromatic rings. The van der Waals surface area contributed by atoms with Gasteiger partial charge in [0.1, 0.15) is 5.82 Å². The minimum atomic E-state index is 0.494. The van der Waals surface area contributed by atoms with E-state index < -0.39 is 0 Å². The Morgan fingerprint density at radius 1 is 1.32 bits per heavy atom. The average molecular weight is 262 g/mol. The summed E-state index contributed by atoms with van der Waals surface area (Å²) in [4.78, 5) is 8.88. The summed E-state index contributed by atoms with van der Waals surface area (Å²) < 4.78 is 0. The smallest absolute Gasteiger partial charge is 0.224 e. The fourth-order valence-corrected chi connectivity index (χ4v) is 2.32. The van der Waals surface area contributed by atoms with Crippen LogP contribution in [0.2, 0.25) is 0 Å². The second kappa shape index (κ2) is 5.76. The third kappa shape index (κ3) is 3.37. The van der Waals surface area contributed by atoms with E-state index in [4.69, 9.17) is 0 Å². The first-order valence-electron chi connectivity index (χ1n) is 7.39. The summed E-state index contributed by atoms with van der Waals surface area (Å²) in [5, 5.41) is 6.76. The van der Waals surface area contributed by atoms with E-state index in [1.165, 1.54) is 12.8 Å². The van der Waals surface area contributed by atoms with Gasteiger partial charge in [-0.1, -0.05) is 20.8 Å². The monoisotopic (exact) mass is 262 g/mol. The topological polar surface area (TPSA) is 49.8 Å². The predicted octanol–water partition coefficient (Wildman–Crippen LogP) is 3.46. The molecule has 0 unspecified atom stereocenters.